The number of alkyl halides is 1. The first-order chi connectivity index (χ1) is 5.77. The molecule has 0 aromatic carbocycles. The number of carbonyl (C=O) groups excluding carboxylic acids is 1. The third-order valence-corrected chi connectivity index (χ3v) is 2.63. The van der Waals surface area contributed by atoms with E-state index in [-0.39, 0.29) is 5.91 Å². The zero-order valence-corrected chi connectivity index (χ0v) is 8.84. The van der Waals surface area contributed by atoms with Crippen LogP contribution in [0.5, 0.6) is 0 Å². The summed E-state index contributed by atoms with van der Waals surface area (Å²) in [5, 5.41) is 0.437. The minimum Gasteiger partial charge on any atom is -0.384 e. The molecule has 0 bridgehead atoms. The van der Waals surface area contributed by atoms with Crippen molar-refractivity contribution in [2.75, 3.05) is 32.1 Å². The van der Waals surface area contributed by atoms with E-state index in [4.69, 9.17) is 4.74 Å². The molecule has 4 heteroatoms. The molecule has 1 aliphatic heterocycles. The van der Waals surface area contributed by atoms with Gasteiger partial charge < -0.3 is 9.64 Å². The van der Waals surface area contributed by atoms with Crippen molar-refractivity contribution in [3.63, 3.8) is 0 Å². The fraction of sp³-hybridized carbons (Fsp3) is 0.875. The summed E-state index contributed by atoms with van der Waals surface area (Å²) in [5.41, 5.74) is 0. The van der Waals surface area contributed by atoms with Gasteiger partial charge in [-0.15, -0.1) is 0 Å². The first kappa shape index (κ1) is 9.99. The van der Waals surface area contributed by atoms with Crippen molar-refractivity contribution in [1.29, 1.82) is 0 Å². The summed E-state index contributed by atoms with van der Waals surface area (Å²) < 4.78 is 5.04. The standard InChI is InChI=1S/C8H14BrNO2/c1-12-6-7-2-3-10(5-7)8(11)4-9/h7H,2-6H2,1H3. The Hall–Kier alpha value is -0.0900. The van der Waals surface area contributed by atoms with Crippen molar-refractivity contribution in [1.82, 2.24) is 4.90 Å². The summed E-state index contributed by atoms with van der Waals surface area (Å²) in [7, 11) is 1.70. The van der Waals surface area contributed by atoms with Gasteiger partial charge in [0, 0.05) is 26.1 Å². The van der Waals surface area contributed by atoms with Crippen LogP contribution in [0.2, 0.25) is 0 Å². The number of carbonyl (C=O) groups is 1. The maximum absolute atomic E-state index is 11.2. The van der Waals surface area contributed by atoms with Crippen LogP contribution >= 0.6 is 15.9 Å². The van der Waals surface area contributed by atoms with Gasteiger partial charge in [-0.3, -0.25) is 4.79 Å². The van der Waals surface area contributed by atoms with E-state index in [9.17, 15) is 4.79 Å². The van der Waals surface area contributed by atoms with E-state index >= 15 is 0 Å². The molecule has 0 saturated carbocycles. The predicted octanol–water partition coefficient (Wildman–Crippen LogP) is 0.876. The van der Waals surface area contributed by atoms with Crippen LogP contribution in [0, 0.1) is 5.92 Å². The Kier molecular flexibility index (Phi) is 4.01. The molecule has 1 saturated heterocycles. The van der Waals surface area contributed by atoms with E-state index in [1.807, 2.05) is 4.90 Å². The topological polar surface area (TPSA) is 29.5 Å². The van der Waals surface area contributed by atoms with E-state index < -0.39 is 0 Å². The Labute approximate surface area is 81.2 Å². The lowest BCUT2D eigenvalue weighted by Gasteiger charge is -2.14. The van der Waals surface area contributed by atoms with Gasteiger partial charge in [0.25, 0.3) is 0 Å². The van der Waals surface area contributed by atoms with Gasteiger partial charge in [-0.25, -0.2) is 0 Å². The Morgan fingerprint density at radius 2 is 2.50 bits per heavy atom. The van der Waals surface area contributed by atoms with Crippen molar-refractivity contribution in [2.45, 2.75) is 6.42 Å². The molecule has 0 aliphatic carbocycles. The third kappa shape index (κ3) is 2.45. The largest absolute Gasteiger partial charge is 0.384 e. The molecule has 0 radical (unpaired) electrons. The highest BCUT2D eigenvalue weighted by Crippen LogP contribution is 2.16. The van der Waals surface area contributed by atoms with Crippen molar-refractivity contribution in [3.05, 3.63) is 0 Å². The van der Waals surface area contributed by atoms with E-state index in [1.165, 1.54) is 0 Å². The van der Waals surface area contributed by atoms with Gasteiger partial charge in [-0.2, -0.15) is 0 Å². The van der Waals surface area contributed by atoms with Gasteiger partial charge in [0.1, 0.15) is 0 Å². The molecule has 1 unspecified atom stereocenters. The quantitative estimate of drug-likeness (QED) is 0.680. The summed E-state index contributed by atoms with van der Waals surface area (Å²) in [6.07, 6.45) is 1.08. The lowest BCUT2D eigenvalue weighted by atomic mass is 10.1. The van der Waals surface area contributed by atoms with E-state index in [0.717, 1.165) is 26.1 Å². The molecule has 1 rings (SSSR count). The van der Waals surface area contributed by atoms with E-state index in [0.29, 0.717) is 11.2 Å². The molecule has 0 N–H and O–H groups in total. The molecule has 1 atom stereocenters. The van der Waals surface area contributed by atoms with Gasteiger partial charge in [-0.1, -0.05) is 15.9 Å². The number of amides is 1. The summed E-state index contributed by atoms with van der Waals surface area (Å²) in [5.74, 6) is 0.728. The van der Waals surface area contributed by atoms with Gasteiger partial charge in [-0.05, 0) is 6.42 Å². The van der Waals surface area contributed by atoms with Crippen molar-refractivity contribution >= 4 is 21.8 Å². The van der Waals surface area contributed by atoms with E-state index in [2.05, 4.69) is 15.9 Å². The van der Waals surface area contributed by atoms with E-state index in [1.54, 1.807) is 7.11 Å². The number of halogens is 1. The second-order valence-electron chi connectivity index (χ2n) is 3.08. The van der Waals surface area contributed by atoms with Crippen LogP contribution in [0.4, 0.5) is 0 Å². The fourth-order valence-corrected chi connectivity index (χ4v) is 1.87. The summed E-state index contributed by atoms with van der Waals surface area (Å²) >= 11 is 3.16. The monoisotopic (exact) mass is 235 g/mol. The van der Waals surface area contributed by atoms with Crippen LogP contribution in [0.25, 0.3) is 0 Å². The molecule has 1 fully saturated rings. The van der Waals surface area contributed by atoms with Crippen LogP contribution in [0.15, 0.2) is 0 Å². The van der Waals surface area contributed by atoms with Crippen LogP contribution in [-0.2, 0) is 9.53 Å². The molecule has 3 nitrogen and oxygen atoms in total. The predicted molar refractivity (Wildman–Crippen MR) is 50.4 cm³/mol. The Balaban J connectivity index is 2.30. The van der Waals surface area contributed by atoms with Gasteiger partial charge in [0.2, 0.25) is 5.91 Å². The van der Waals surface area contributed by atoms with Gasteiger partial charge in [0.15, 0.2) is 0 Å². The highest BCUT2D eigenvalue weighted by molar-refractivity contribution is 9.09. The average molecular weight is 236 g/mol. The normalized spacial score (nSPS) is 23.2. The fourth-order valence-electron chi connectivity index (χ4n) is 1.52. The second kappa shape index (κ2) is 4.82. The zero-order valence-electron chi connectivity index (χ0n) is 7.25. The smallest absolute Gasteiger partial charge is 0.233 e. The zero-order chi connectivity index (χ0) is 8.97. The van der Waals surface area contributed by atoms with Crippen LogP contribution in [-0.4, -0.2) is 42.9 Å². The first-order valence-corrected chi connectivity index (χ1v) is 5.22. The summed E-state index contributed by atoms with van der Waals surface area (Å²) in [4.78, 5) is 13.1. The Bertz CT molecular complexity index is 163. The molecule has 1 amide bonds. The second-order valence-corrected chi connectivity index (χ2v) is 3.64. The van der Waals surface area contributed by atoms with Crippen molar-refractivity contribution in [2.24, 2.45) is 5.92 Å². The van der Waals surface area contributed by atoms with Crippen LogP contribution in [0.3, 0.4) is 0 Å². The number of rotatable bonds is 3. The Morgan fingerprint density at radius 1 is 1.75 bits per heavy atom. The molecule has 0 spiro atoms. The highest BCUT2D eigenvalue weighted by atomic mass is 79.9. The molecule has 1 heterocycles. The lowest BCUT2D eigenvalue weighted by molar-refractivity contribution is -0.127. The number of ether oxygens (including phenoxy) is 1. The lowest BCUT2D eigenvalue weighted by Crippen LogP contribution is -2.29. The minimum absolute atomic E-state index is 0.189. The maximum atomic E-state index is 11.2. The summed E-state index contributed by atoms with van der Waals surface area (Å²) in [6, 6.07) is 0. The van der Waals surface area contributed by atoms with Crippen molar-refractivity contribution < 1.29 is 9.53 Å². The van der Waals surface area contributed by atoms with Crippen LogP contribution < -0.4 is 0 Å². The summed E-state index contributed by atoms with van der Waals surface area (Å²) in [6.45, 7) is 2.52. The molecule has 1 aliphatic rings. The number of likely N-dealkylation sites (tertiary alicyclic amines) is 1. The van der Waals surface area contributed by atoms with Gasteiger partial charge >= 0.3 is 0 Å². The molecular weight excluding hydrogens is 222 g/mol. The van der Waals surface area contributed by atoms with Crippen LogP contribution in [0.1, 0.15) is 6.42 Å². The molecule has 70 valence electrons. The third-order valence-electron chi connectivity index (χ3n) is 2.16. The molecule has 0 aromatic heterocycles. The number of hydrogen-bond acceptors (Lipinski definition) is 2. The number of methoxy groups -OCH3 is 1. The Morgan fingerprint density at radius 3 is 3.08 bits per heavy atom. The SMILES string of the molecule is COCC1CCN(C(=O)CBr)C1. The van der Waals surface area contributed by atoms with Crippen molar-refractivity contribution in [3.8, 4) is 0 Å². The number of nitrogens with zero attached hydrogens (tertiary/aromatic N) is 1. The minimum atomic E-state index is 0.189. The number of hydrogen-bond donors (Lipinski definition) is 0. The maximum Gasteiger partial charge on any atom is 0.233 e. The molecule has 12 heavy (non-hydrogen) atoms. The molecular formula is C8H14BrNO2. The highest BCUT2D eigenvalue weighted by Gasteiger charge is 2.24. The first-order valence-electron chi connectivity index (χ1n) is 4.10. The molecule has 0 aromatic rings. The average Bonchev–Trinajstić information content (AvgIpc) is 2.52. The van der Waals surface area contributed by atoms with Gasteiger partial charge in [0.05, 0.1) is 11.9 Å².